The van der Waals surface area contributed by atoms with Crippen LogP contribution < -0.4 is 9.64 Å². The van der Waals surface area contributed by atoms with Gasteiger partial charge in [0.15, 0.2) is 0 Å². The van der Waals surface area contributed by atoms with Crippen LogP contribution in [0.3, 0.4) is 0 Å². The molecule has 1 aromatic heterocycles. The summed E-state index contributed by atoms with van der Waals surface area (Å²) in [5.74, 6) is 1.08. The van der Waals surface area contributed by atoms with Crippen LogP contribution in [0.2, 0.25) is 0 Å². The molecule has 4 rings (SSSR count). The van der Waals surface area contributed by atoms with Gasteiger partial charge in [-0.05, 0) is 37.5 Å². The fourth-order valence-electron chi connectivity index (χ4n) is 4.54. The van der Waals surface area contributed by atoms with E-state index in [0.717, 1.165) is 48.6 Å². The number of aliphatic imine (C=N–C) groups is 1. The molecule has 0 amide bonds. The van der Waals surface area contributed by atoms with Gasteiger partial charge in [0.25, 0.3) is 0 Å². The molecule has 1 atom stereocenters. The van der Waals surface area contributed by atoms with Crippen LogP contribution in [-0.4, -0.2) is 53.4 Å². The van der Waals surface area contributed by atoms with E-state index in [9.17, 15) is 18.7 Å². The monoisotopic (exact) mass is 391 g/mol. The largest absolute Gasteiger partial charge is 0.433 e. The molecule has 3 aliphatic rings. The second-order valence-corrected chi connectivity index (χ2v) is 7.84. The van der Waals surface area contributed by atoms with Crippen molar-refractivity contribution in [2.75, 3.05) is 24.5 Å². The van der Waals surface area contributed by atoms with E-state index in [2.05, 4.69) is 19.6 Å². The number of anilines is 1. The van der Waals surface area contributed by atoms with E-state index in [1.54, 1.807) is 13.0 Å². The molecule has 1 fully saturated rings. The third kappa shape index (κ3) is 3.65. The predicted octanol–water partition coefficient (Wildman–Crippen LogP) is 2.76. The summed E-state index contributed by atoms with van der Waals surface area (Å²) in [6, 6.07) is 3.18. The van der Waals surface area contributed by atoms with Crippen LogP contribution in [0.15, 0.2) is 34.5 Å². The Morgan fingerprint density at radius 2 is 2.07 bits per heavy atom. The molecule has 0 bridgehead atoms. The SMILES string of the molecule is CC1(O)CC(=O)CC2=C1C(C1CCN(c3ccc(OC(F)F)cn3)CC1)=NC2. The zero-order valence-electron chi connectivity index (χ0n) is 15.7. The van der Waals surface area contributed by atoms with Gasteiger partial charge < -0.3 is 14.7 Å². The minimum atomic E-state index is -2.86. The average Bonchev–Trinajstić information content (AvgIpc) is 3.06. The number of pyridine rings is 1. The summed E-state index contributed by atoms with van der Waals surface area (Å²) < 4.78 is 28.8. The first-order valence-corrected chi connectivity index (χ1v) is 9.50. The van der Waals surface area contributed by atoms with Crippen LogP contribution in [0.25, 0.3) is 0 Å². The van der Waals surface area contributed by atoms with Gasteiger partial charge in [-0.3, -0.25) is 9.79 Å². The Hall–Kier alpha value is -2.35. The molecule has 0 spiro atoms. The Morgan fingerprint density at radius 3 is 2.71 bits per heavy atom. The summed E-state index contributed by atoms with van der Waals surface area (Å²) in [6.07, 6.45) is 3.57. The normalized spacial score (nSPS) is 26.0. The number of piperidine rings is 1. The second-order valence-electron chi connectivity index (χ2n) is 7.84. The molecule has 1 unspecified atom stereocenters. The number of hydrogen-bond donors (Lipinski definition) is 1. The van der Waals surface area contributed by atoms with Gasteiger partial charge in [0.1, 0.15) is 17.4 Å². The molecule has 28 heavy (non-hydrogen) atoms. The summed E-state index contributed by atoms with van der Waals surface area (Å²) in [5.41, 5.74) is 1.69. The van der Waals surface area contributed by atoms with Gasteiger partial charge in [0.2, 0.25) is 0 Å². The van der Waals surface area contributed by atoms with Crippen LogP contribution in [-0.2, 0) is 4.79 Å². The lowest BCUT2D eigenvalue weighted by molar-refractivity contribution is -0.122. The van der Waals surface area contributed by atoms with Crippen LogP contribution in [0.4, 0.5) is 14.6 Å². The fraction of sp³-hybridized carbons (Fsp3) is 0.550. The number of alkyl halides is 2. The lowest BCUT2D eigenvalue weighted by Crippen LogP contribution is -2.42. The Kier molecular flexibility index (Phi) is 4.91. The topological polar surface area (TPSA) is 75.0 Å². The van der Waals surface area contributed by atoms with E-state index in [-0.39, 0.29) is 23.9 Å². The number of nitrogens with zero attached hydrogens (tertiary/aromatic N) is 3. The number of Topliss-reactive ketones (excluding diaryl/α,β-unsaturated/α-hetero) is 1. The van der Waals surface area contributed by atoms with Crippen LogP contribution in [0.5, 0.6) is 5.75 Å². The van der Waals surface area contributed by atoms with Gasteiger partial charge in [0.05, 0.1) is 18.3 Å². The molecule has 0 radical (unpaired) electrons. The van der Waals surface area contributed by atoms with Crippen molar-refractivity contribution in [2.45, 2.75) is 44.8 Å². The number of aromatic nitrogens is 1. The van der Waals surface area contributed by atoms with E-state index in [1.165, 1.54) is 12.3 Å². The van der Waals surface area contributed by atoms with E-state index in [1.807, 2.05) is 0 Å². The third-order valence-electron chi connectivity index (χ3n) is 5.69. The predicted molar refractivity (Wildman–Crippen MR) is 100.0 cm³/mol. The standard InChI is InChI=1S/C20H23F2N3O3/c1-20(27)9-14(26)8-13-10-24-18(17(13)20)12-4-6-25(7-5-12)16-3-2-15(11-23-16)28-19(21)22/h2-3,11-12,19,27H,4-10H2,1H3. The number of carbonyl (C=O) groups excluding carboxylic acids is 1. The highest BCUT2D eigenvalue weighted by atomic mass is 19.3. The number of ether oxygens (including phenoxy) is 1. The van der Waals surface area contributed by atoms with Gasteiger partial charge in [-0.1, -0.05) is 0 Å². The Labute approximate surface area is 161 Å². The van der Waals surface area contributed by atoms with Crippen molar-refractivity contribution >= 4 is 17.3 Å². The first kappa shape index (κ1) is 19.0. The van der Waals surface area contributed by atoms with Crippen LogP contribution >= 0.6 is 0 Å². The smallest absolute Gasteiger partial charge is 0.387 e. The van der Waals surface area contributed by atoms with E-state index >= 15 is 0 Å². The number of rotatable bonds is 4. The maximum absolute atomic E-state index is 12.2. The molecular formula is C20H23F2N3O3. The van der Waals surface area contributed by atoms with Gasteiger partial charge in [-0.15, -0.1) is 0 Å². The highest BCUT2D eigenvalue weighted by Gasteiger charge is 2.43. The minimum Gasteiger partial charge on any atom is -0.433 e. The zero-order chi connectivity index (χ0) is 19.9. The van der Waals surface area contributed by atoms with Gasteiger partial charge in [-0.2, -0.15) is 8.78 Å². The molecule has 2 aliphatic heterocycles. The molecule has 1 saturated heterocycles. The number of ketones is 1. The number of halogens is 2. The van der Waals surface area contributed by atoms with Crippen molar-refractivity contribution in [1.82, 2.24) is 4.98 Å². The van der Waals surface area contributed by atoms with Gasteiger partial charge in [-0.25, -0.2) is 4.98 Å². The van der Waals surface area contributed by atoms with Crippen molar-refractivity contribution in [1.29, 1.82) is 0 Å². The highest BCUT2D eigenvalue weighted by Crippen LogP contribution is 2.40. The summed E-state index contributed by atoms with van der Waals surface area (Å²) in [7, 11) is 0. The lowest BCUT2D eigenvalue weighted by atomic mass is 9.74. The molecular weight excluding hydrogens is 368 g/mol. The third-order valence-corrected chi connectivity index (χ3v) is 5.69. The van der Waals surface area contributed by atoms with E-state index in [0.29, 0.717) is 13.0 Å². The maximum Gasteiger partial charge on any atom is 0.387 e. The molecule has 1 N–H and O–H groups in total. The summed E-state index contributed by atoms with van der Waals surface area (Å²) in [6.45, 7) is 0.884. The number of aliphatic hydroxyl groups is 1. The Balaban J connectivity index is 1.41. The maximum atomic E-state index is 12.2. The van der Waals surface area contributed by atoms with Gasteiger partial charge in [0, 0.05) is 43.1 Å². The molecule has 8 heteroatoms. The molecule has 0 aromatic carbocycles. The summed E-state index contributed by atoms with van der Waals surface area (Å²) in [4.78, 5) is 22.9. The van der Waals surface area contributed by atoms with Gasteiger partial charge >= 0.3 is 6.61 Å². The zero-order valence-corrected chi connectivity index (χ0v) is 15.7. The number of hydrogen-bond acceptors (Lipinski definition) is 6. The first-order valence-electron chi connectivity index (χ1n) is 9.50. The van der Waals surface area contributed by atoms with Crippen molar-refractivity contribution in [3.05, 3.63) is 29.5 Å². The van der Waals surface area contributed by atoms with Crippen LogP contribution in [0.1, 0.15) is 32.6 Å². The Morgan fingerprint density at radius 1 is 1.32 bits per heavy atom. The van der Waals surface area contributed by atoms with Crippen molar-refractivity contribution in [3.8, 4) is 5.75 Å². The molecule has 1 aromatic rings. The van der Waals surface area contributed by atoms with E-state index in [4.69, 9.17) is 0 Å². The van der Waals surface area contributed by atoms with Crippen molar-refractivity contribution < 1.29 is 23.4 Å². The van der Waals surface area contributed by atoms with Crippen molar-refractivity contribution in [3.63, 3.8) is 0 Å². The summed E-state index contributed by atoms with van der Waals surface area (Å²) in [5, 5.41) is 10.8. The second kappa shape index (κ2) is 7.24. The lowest BCUT2D eigenvalue weighted by Gasteiger charge is -2.37. The molecule has 1 aliphatic carbocycles. The fourth-order valence-corrected chi connectivity index (χ4v) is 4.54. The minimum absolute atomic E-state index is 0.0440. The van der Waals surface area contributed by atoms with E-state index < -0.39 is 12.2 Å². The quantitative estimate of drug-likeness (QED) is 0.854. The molecule has 6 nitrogen and oxygen atoms in total. The van der Waals surface area contributed by atoms with Crippen LogP contribution in [0, 0.1) is 5.92 Å². The number of carbonyl (C=O) groups is 1. The first-order chi connectivity index (χ1) is 13.3. The molecule has 150 valence electrons. The Bertz CT molecular complexity index is 826. The molecule has 0 saturated carbocycles. The summed E-state index contributed by atoms with van der Waals surface area (Å²) >= 11 is 0. The van der Waals surface area contributed by atoms with Crippen molar-refractivity contribution in [2.24, 2.45) is 10.9 Å². The average molecular weight is 391 g/mol. The highest BCUT2D eigenvalue weighted by molar-refractivity contribution is 6.08. The molecule has 3 heterocycles.